The van der Waals surface area contributed by atoms with Crippen LogP contribution in [0.2, 0.25) is 0 Å². The standard InChI is InChI=1S/C14H14N2O3/c15-6-9-1-4-13(19-8-11-7-18-11)12(5-9)14(17)16-10-2-3-10/h1,4-5,10-11H,2-3,7-8H2,(H,16,17). The first-order valence-electron chi connectivity index (χ1n) is 6.35. The van der Waals surface area contributed by atoms with Crippen LogP contribution in [0.3, 0.4) is 0 Å². The van der Waals surface area contributed by atoms with Gasteiger partial charge in [-0.2, -0.15) is 5.26 Å². The Morgan fingerprint density at radius 3 is 2.95 bits per heavy atom. The summed E-state index contributed by atoms with van der Waals surface area (Å²) in [5, 5.41) is 11.8. The lowest BCUT2D eigenvalue weighted by molar-refractivity contribution is 0.0946. The third-order valence-electron chi connectivity index (χ3n) is 3.09. The molecule has 0 aromatic heterocycles. The molecule has 1 aromatic carbocycles. The molecule has 1 unspecified atom stereocenters. The minimum absolute atomic E-state index is 0.134. The minimum atomic E-state index is -0.175. The van der Waals surface area contributed by atoms with Crippen LogP contribution < -0.4 is 10.1 Å². The molecule has 1 amide bonds. The summed E-state index contributed by atoms with van der Waals surface area (Å²) < 4.78 is 10.7. The van der Waals surface area contributed by atoms with Crippen molar-refractivity contribution >= 4 is 5.91 Å². The summed E-state index contributed by atoms with van der Waals surface area (Å²) in [5.74, 6) is 0.332. The van der Waals surface area contributed by atoms with E-state index in [1.54, 1.807) is 18.2 Å². The number of rotatable bonds is 5. The molecule has 1 aliphatic heterocycles. The van der Waals surface area contributed by atoms with E-state index in [0.717, 1.165) is 12.8 Å². The van der Waals surface area contributed by atoms with Crippen molar-refractivity contribution in [1.29, 1.82) is 5.26 Å². The maximum absolute atomic E-state index is 12.1. The Morgan fingerprint density at radius 1 is 1.53 bits per heavy atom. The van der Waals surface area contributed by atoms with E-state index in [1.165, 1.54) is 0 Å². The molecule has 1 aromatic rings. The molecule has 1 aliphatic carbocycles. The zero-order valence-corrected chi connectivity index (χ0v) is 10.4. The Bertz CT molecular complexity index is 542. The lowest BCUT2D eigenvalue weighted by Gasteiger charge is -2.11. The van der Waals surface area contributed by atoms with Gasteiger partial charge in [0.25, 0.3) is 5.91 Å². The first-order chi connectivity index (χ1) is 9.26. The van der Waals surface area contributed by atoms with E-state index in [4.69, 9.17) is 14.7 Å². The molecule has 0 bridgehead atoms. The van der Waals surface area contributed by atoms with Gasteiger partial charge in [-0.1, -0.05) is 0 Å². The largest absolute Gasteiger partial charge is 0.490 e. The molecule has 1 saturated heterocycles. The number of nitriles is 1. The van der Waals surface area contributed by atoms with Crippen LogP contribution in [0.25, 0.3) is 0 Å². The van der Waals surface area contributed by atoms with E-state index in [1.807, 2.05) is 6.07 Å². The van der Waals surface area contributed by atoms with Crippen molar-refractivity contribution in [3.8, 4) is 11.8 Å². The molecule has 1 atom stereocenters. The second kappa shape index (κ2) is 4.90. The lowest BCUT2D eigenvalue weighted by atomic mass is 10.1. The Balaban J connectivity index is 1.78. The first kappa shape index (κ1) is 12.0. The van der Waals surface area contributed by atoms with Crippen LogP contribution in [-0.2, 0) is 4.74 Å². The van der Waals surface area contributed by atoms with Crippen molar-refractivity contribution in [1.82, 2.24) is 5.32 Å². The summed E-state index contributed by atoms with van der Waals surface area (Å²) in [6.45, 7) is 1.15. The van der Waals surface area contributed by atoms with Gasteiger partial charge in [0.1, 0.15) is 18.5 Å². The number of nitrogens with zero attached hydrogens (tertiary/aromatic N) is 1. The van der Waals surface area contributed by atoms with E-state index in [2.05, 4.69) is 5.32 Å². The van der Waals surface area contributed by atoms with Crippen LogP contribution >= 0.6 is 0 Å². The van der Waals surface area contributed by atoms with Crippen LogP contribution in [0, 0.1) is 11.3 Å². The molecule has 0 radical (unpaired) electrons. The van der Waals surface area contributed by atoms with Crippen molar-refractivity contribution in [3.63, 3.8) is 0 Å². The summed E-state index contributed by atoms with van der Waals surface area (Å²) in [5.41, 5.74) is 0.877. The quantitative estimate of drug-likeness (QED) is 0.806. The van der Waals surface area contributed by atoms with Gasteiger partial charge >= 0.3 is 0 Å². The fourth-order valence-electron chi connectivity index (χ4n) is 1.74. The average Bonchev–Trinajstić information content (AvgIpc) is 3.30. The van der Waals surface area contributed by atoms with Gasteiger partial charge < -0.3 is 14.8 Å². The van der Waals surface area contributed by atoms with E-state index in [-0.39, 0.29) is 18.1 Å². The van der Waals surface area contributed by atoms with Crippen molar-refractivity contribution in [2.75, 3.05) is 13.2 Å². The highest BCUT2D eigenvalue weighted by Crippen LogP contribution is 2.24. The van der Waals surface area contributed by atoms with Crippen molar-refractivity contribution in [2.24, 2.45) is 0 Å². The van der Waals surface area contributed by atoms with Gasteiger partial charge in [-0.05, 0) is 31.0 Å². The third-order valence-corrected chi connectivity index (χ3v) is 3.09. The maximum Gasteiger partial charge on any atom is 0.255 e. The topological polar surface area (TPSA) is 74.6 Å². The Morgan fingerprint density at radius 2 is 2.32 bits per heavy atom. The average molecular weight is 258 g/mol. The smallest absolute Gasteiger partial charge is 0.255 e. The zero-order chi connectivity index (χ0) is 13.2. The molecule has 5 heteroatoms. The highest BCUT2D eigenvalue weighted by Gasteiger charge is 2.27. The second-order valence-corrected chi connectivity index (χ2v) is 4.84. The molecule has 1 N–H and O–H groups in total. The summed E-state index contributed by atoms with van der Waals surface area (Å²) in [6.07, 6.45) is 2.18. The zero-order valence-electron chi connectivity index (χ0n) is 10.4. The van der Waals surface area contributed by atoms with Gasteiger partial charge in [0, 0.05) is 6.04 Å². The number of hydrogen-bond acceptors (Lipinski definition) is 4. The van der Waals surface area contributed by atoms with Gasteiger partial charge in [-0.15, -0.1) is 0 Å². The Hall–Kier alpha value is -2.06. The monoisotopic (exact) mass is 258 g/mol. The molecule has 3 rings (SSSR count). The van der Waals surface area contributed by atoms with E-state index in [9.17, 15) is 4.79 Å². The second-order valence-electron chi connectivity index (χ2n) is 4.84. The SMILES string of the molecule is N#Cc1ccc(OCC2CO2)c(C(=O)NC2CC2)c1. The van der Waals surface area contributed by atoms with E-state index in [0.29, 0.717) is 30.1 Å². The Labute approximate surface area is 111 Å². The van der Waals surface area contributed by atoms with Gasteiger partial charge in [0.05, 0.1) is 23.8 Å². The molecule has 1 saturated carbocycles. The summed E-state index contributed by atoms with van der Waals surface area (Å²) in [6, 6.07) is 7.20. The third kappa shape index (κ3) is 3.04. The molecule has 5 nitrogen and oxygen atoms in total. The first-order valence-corrected chi connectivity index (χ1v) is 6.35. The molecular weight excluding hydrogens is 244 g/mol. The normalized spacial score (nSPS) is 20.5. The molecule has 2 fully saturated rings. The fraction of sp³-hybridized carbons (Fsp3) is 0.429. The van der Waals surface area contributed by atoms with Crippen LogP contribution in [0.1, 0.15) is 28.8 Å². The van der Waals surface area contributed by atoms with Gasteiger partial charge in [-0.25, -0.2) is 0 Å². The summed E-state index contributed by atoms with van der Waals surface area (Å²) in [4.78, 5) is 12.1. The minimum Gasteiger partial charge on any atom is -0.490 e. The number of nitrogens with one attached hydrogen (secondary N) is 1. The van der Waals surface area contributed by atoms with Crippen molar-refractivity contribution in [2.45, 2.75) is 25.0 Å². The maximum atomic E-state index is 12.1. The number of ether oxygens (including phenoxy) is 2. The predicted molar refractivity (Wildman–Crippen MR) is 66.9 cm³/mol. The van der Waals surface area contributed by atoms with Crippen LogP contribution in [0.15, 0.2) is 18.2 Å². The van der Waals surface area contributed by atoms with Gasteiger partial charge in [-0.3, -0.25) is 4.79 Å². The number of carbonyl (C=O) groups is 1. The van der Waals surface area contributed by atoms with Crippen molar-refractivity contribution < 1.29 is 14.3 Å². The van der Waals surface area contributed by atoms with Crippen LogP contribution in [0.4, 0.5) is 0 Å². The number of amides is 1. The van der Waals surface area contributed by atoms with E-state index < -0.39 is 0 Å². The highest BCUT2D eigenvalue weighted by molar-refractivity contribution is 5.97. The number of carbonyl (C=O) groups excluding carboxylic acids is 1. The highest BCUT2D eigenvalue weighted by atomic mass is 16.6. The number of epoxide rings is 1. The lowest BCUT2D eigenvalue weighted by Crippen LogP contribution is -2.26. The van der Waals surface area contributed by atoms with Gasteiger partial charge in [0.15, 0.2) is 0 Å². The summed E-state index contributed by atoms with van der Waals surface area (Å²) >= 11 is 0. The van der Waals surface area contributed by atoms with E-state index >= 15 is 0 Å². The molecule has 1 heterocycles. The van der Waals surface area contributed by atoms with Crippen LogP contribution in [0.5, 0.6) is 5.75 Å². The summed E-state index contributed by atoms with van der Waals surface area (Å²) in [7, 11) is 0. The van der Waals surface area contributed by atoms with Crippen LogP contribution in [-0.4, -0.2) is 31.3 Å². The number of hydrogen-bond donors (Lipinski definition) is 1. The predicted octanol–water partition coefficient (Wildman–Crippen LogP) is 1.23. The molecule has 98 valence electrons. The number of benzene rings is 1. The molecule has 2 aliphatic rings. The molecule has 0 spiro atoms. The molecular formula is C14H14N2O3. The fourth-order valence-corrected chi connectivity index (χ4v) is 1.74. The van der Waals surface area contributed by atoms with Gasteiger partial charge in [0.2, 0.25) is 0 Å². The van der Waals surface area contributed by atoms with Crippen molar-refractivity contribution in [3.05, 3.63) is 29.3 Å². The molecule has 19 heavy (non-hydrogen) atoms. The Kier molecular flexibility index (Phi) is 3.10.